The largest absolute Gasteiger partial charge is 0.462 e. The van der Waals surface area contributed by atoms with E-state index in [9.17, 15) is 22.8 Å². The van der Waals surface area contributed by atoms with Gasteiger partial charge in [-0.25, -0.2) is 4.79 Å². The predicted molar refractivity (Wildman–Crippen MR) is 136 cm³/mol. The molecule has 10 nitrogen and oxygen atoms in total. The SMILES string of the molecule is CC(=O)NCCCS(=O)(=O)OCC(C)(C)[C@@H](O[Si](C)(C)C(C)(C)C)C(=O)OCCOC(=O)C(C)C. The predicted octanol–water partition coefficient (Wildman–Crippen LogP) is 3.02. The summed E-state index contributed by atoms with van der Waals surface area (Å²) in [5.74, 6) is -1.88. The van der Waals surface area contributed by atoms with Crippen LogP contribution >= 0.6 is 0 Å². The second-order valence-corrected chi connectivity index (χ2v) is 17.6. The number of hydrogen-bond donors (Lipinski definition) is 1. The number of carbonyl (C=O) groups excluding carboxylic acids is 3. The summed E-state index contributed by atoms with van der Waals surface area (Å²) >= 11 is 0. The Morgan fingerprint density at radius 3 is 1.91 bits per heavy atom. The topological polar surface area (TPSA) is 134 Å². The molecule has 0 aromatic carbocycles. The van der Waals surface area contributed by atoms with Crippen LogP contribution in [0.5, 0.6) is 0 Å². The molecule has 1 amide bonds. The number of hydrogen-bond acceptors (Lipinski definition) is 9. The molecule has 0 aromatic heterocycles. The normalized spacial score (nSPS) is 13.9. The van der Waals surface area contributed by atoms with Crippen LogP contribution in [0.1, 0.15) is 61.8 Å². The fourth-order valence-electron chi connectivity index (χ4n) is 2.41. The van der Waals surface area contributed by atoms with Gasteiger partial charge in [0.15, 0.2) is 14.4 Å². The minimum absolute atomic E-state index is 0.0881. The lowest BCUT2D eigenvalue weighted by atomic mass is 9.87. The van der Waals surface area contributed by atoms with Gasteiger partial charge in [-0.1, -0.05) is 48.5 Å². The van der Waals surface area contributed by atoms with E-state index in [4.69, 9.17) is 18.1 Å². The zero-order valence-electron chi connectivity index (χ0n) is 23.0. The highest BCUT2D eigenvalue weighted by molar-refractivity contribution is 7.86. The van der Waals surface area contributed by atoms with E-state index in [1.807, 2.05) is 33.9 Å². The van der Waals surface area contributed by atoms with Gasteiger partial charge in [-0.2, -0.15) is 8.42 Å². The first kappa shape index (κ1) is 33.5. The van der Waals surface area contributed by atoms with Crippen molar-refractivity contribution in [3.63, 3.8) is 0 Å². The van der Waals surface area contributed by atoms with E-state index in [0.29, 0.717) is 0 Å². The molecule has 0 unspecified atom stereocenters. The number of amides is 1. The highest BCUT2D eigenvalue weighted by Crippen LogP contribution is 2.40. The van der Waals surface area contributed by atoms with Crippen LogP contribution < -0.4 is 5.32 Å². The summed E-state index contributed by atoms with van der Waals surface area (Å²) in [6.45, 7) is 17.8. The van der Waals surface area contributed by atoms with Gasteiger partial charge in [0.25, 0.3) is 10.1 Å². The van der Waals surface area contributed by atoms with Crippen molar-refractivity contribution in [2.45, 2.75) is 86.0 Å². The maximum absolute atomic E-state index is 13.1. The Hall–Kier alpha value is -1.50. The molecule has 0 saturated heterocycles. The Morgan fingerprint density at radius 2 is 1.46 bits per heavy atom. The number of carbonyl (C=O) groups is 3. The molecule has 35 heavy (non-hydrogen) atoms. The molecule has 0 aliphatic rings. The van der Waals surface area contributed by atoms with Gasteiger partial charge in [-0.15, -0.1) is 0 Å². The summed E-state index contributed by atoms with van der Waals surface area (Å²) in [7, 11) is -6.35. The second kappa shape index (κ2) is 13.7. The van der Waals surface area contributed by atoms with Gasteiger partial charge in [-0.3, -0.25) is 13.8 Å². The lowest BCUT2D eigenvalue weighted by Gasteiger charge is -2.42. The molecule has 0 heterocycles. The summed E-state index contributed by atoms with van der Waals surface area (Å²) in [5, 5.41) is 2.32. The fourth-order valence-corrected chi connectivity index (χ4v) is 4.87. The molecule has 0 aliphatic heterocycles. The molecule has 0 rings (SSSR count). The Bertz CT molecular complexity index is 817. The molecular formula is C23H45NO9SSi. The number of nitrogens with one attached hydrogen (secondary N) is 1. The van der Waals surface area contributed by atoms with Gasteiger partial charge < -0.3 is 19.2 Å². The van der Waals surface area contributed by atoms with Gasteiger partial charge in [-0.05, 0) is 24.6 Å². The van der Waals surface area contributed by atoms with E-state index >= 15 is 0 Å². The van der Waals surface area contributed by atoms with Gasteiger partial charge in [0.05, 0.1) is 18.3 Å². The first-order valence-corrected chi connectivity index (χ1v) is 16.3. The van der Waals surface area contributed by atoms with Crippen LogP contribution in [0.25, 0.3) is 0 Å². The van der Waals surface area contributed by atoms with E-state index in [2.05, 4.69) is 5.32 Å². The number of esters is 2. The molecule has 0 spiro atoms. The third-order valence-electron chi connectivity index (χ3n) is 5.74. The van der Waals surface area contributed by atoms with Crippen LogP contribution in [0.3, 0.4) is 0 Å². The zero-order valence-corrected chi connectivity index (χ0v) is 24.8. The van der Waals surface area contributed by atoms with Gasteiger partial charge in [0.2, 0.25) is 5.91 Å². The molecule has 12 heteroatoms. The standard InChI is InChI=1S/C23H45NO9SSi/c1-17(2)20(26)30-13-14-31-21(27)19(33-35(9,10)22(4,5)6)23(7,8)16-32-34(28,29)15-11-12-24-18(3)25/h17,19H,11-16H2,1-10H3,(H,24,25)/t19-/m0/s1. The third-order valence-corrected chi connectivity index (χ3v) is 11.4. The van der Waals surface area contributed by atoms with Crippen molar-refractivity contribution >= 4 is 36.3 Å². The molecule has 0 radical (unpaired) electrons. The van der Waals surface area contributed by atoms with E-state index in [1.54, 1.807) is 27.7 Å². The van der Waals surface area contributed by atoms with E-state index in [1.165, 1.54) is 6.92 Å². The van der Waals surface area contributed by atoms with Crippen molar-refractivity contribution in [3.05, 3.63) is 0 Å². The Balaban J connectivity index is 5.39. The van der Waals surface area contributed by atoms with E-state index in [-0.39, 0.29) is 55.4 Å². The molecule has 1 N–H and O–H groups in total. The van der Waals surface area contributed by atoms with E-state index in [0.717, 1.165) is 0 Å². The van der Waals surface area contributed by atoms with Crippen molar-refractivity contribution < 1.29 is 40.9 Å². The molecule has 0 saturated carbocycles. The quantitative estimate of drug-likeness (QED) is 0.144. The van der Waals surface area contributed by atoms with Crippen LogP contribution in [-0.4, -0.2) is 72.8 Å². The monoisotopic (exact) mass is 539 g/mol. The van der Waals surface area contributed by atoms with Crippen molar-refractivity contribution in [2.75, 3.05) is 32.1 Å². The summed E-state index contributed by atoms with van der Waals surface area (Å²) in [5.41, 5.74) is -1.05. The second-order valence-electron chi connectivity index (χ2n) is 11.1. The Morgan fingerprint density at radius 1 is 0.943 bits per heavy atom. The molecule has 0 aliphatic carbocycles. The first-order valence-electron chi connectivity index (χ1n) is 11.8. The molecule has 0 bridgehead atoms. The summed E-state index contributed by atoms with van der Waals surface area (Å²) in [4.78, 5) is 35.6. The van der Waals surface area contributed by atoms with Gasteiger partial charge >= 0.3 is 11.9 Å². The highest BCUT2D eigenvalue weighted by atomic mass is 32.2. The molecule has 1 atom stereocenters. The molecule has 0 aromatic rings. The molecular weight excluding hydrogens is 494 g/mol. The minimum Gasteiger partial charge on any atom is -0.462 e. The Kier molecular flexibility index (Phi) is 13.1. The summed E-state index contributed by atoms with van der Waals surface area (Å²) in [6, 6.07) is 0. The van der Waals surface area contributed by atoms with Crippen LogP contribution in [0.4, 0.5) is 0 Å². The van der Waals surface area contributed by atoms with Crippen molar-refractivity contribution in [2.24, 2.45) is 11.3 Å². The lowest BCUT2D eigenvalue weighted by Crippen LogP contribution is -2.52. The fraction of sp³-hybridized carbons (Fsp3) is 0.870. The maximum atomic E-state index is 13.1. The lowest BCUT2D eigenvalue weighted by molar-refractivity contribution is -0.164. The average Bonchev–Trinajstić information content (AvgIpc) is 2.70. The third kappa shape index (κ3) is 12.9. The zero-order chi connectivity index (χ0) is 27.7. The summed E-state index contributed by atoms with van der Waals surface area (Å²) < 4.78 is 46.7. The van der Waals surface area contributed by atoms with Crippen molar-refractivity contribution in [1.82, 2.24) is 5.32 Å². The van der Waals surface area contributed by atoms with Gasteiger partial charge in [0.1, 0.15) is 13.2 Å². The van der Waals surface area contributed by atoms with Crippen LogP contribution in [0.15, 0.2) is 0 Å². The minimum atomic E-state index is -3.89. The highest BCUT2D eigenvalue weighted by Gasteiger charge is 2.47. The number of ether oxygens (including phenoxy) is 2. The van der Waals surface area contributed by atoms with Crippen LogP contribution in [0.2, 0.25) is 18.1 Å². The van der Waals surface area contributed by atoms with Crippen molar-refractivity contribution in [3.8, 4) is 0 Å². The van der Waals surface area contributed by atoms with Crippen molar-refractivity contribution in [1.29, 1.82) is 0 Å². The number of rotatable bonds is 15. The van der Waals surface area contributed by atoms with Crippen LogP contribution in [-0.2, 0) is 42.6 Å². The Labute approximate surface area is 212 Å². The average molecular weight is 540 g/mol. The summed E-state index contributed by atoms with van der Waals surface area (Å²) in [6.07, 6.45) is -0.901. The molecule has 0 fully saturated rings. The van der Waals surface area contributed by atoms with Crippen LogP contribution in [0, 0.1) is 11.3 Å². The molecule has 206 valence electrons. The van der Waals surface area contributed by atoms with Gasteiger partial charge in [0, 0.05) is 18.9 Å². The maximum Gasteiger partial charge on any atom is 0.334 e. The van der Waals surface area contributed by atoms with E-state index < -0.39 is 41.9 Å². The first-order chi connectivity index (χ1) is 15.7. The smallest absolute Gasteiger partial charge is 0.334 e.